The van der Waals surface area contributed by atoms with Crippen LogP contribution in [-0.4, -0.2) is 49.8 Å². The molecule has 0 unspecified atom stereocenters. The molecule has 0 spiro atoms. The SMILES string of the molecule is Cc1cc2c(C(=O)N3CCC[C@@H](O)C3)c(N)n(-c3c(C)ccc(O)c3C)c2nc1C. The highest BCUT2D eigenvalue weighted by atomic mass is 16.3. The van der Waals surface area contributed by atoms with Crippen LogP contribution in [0.3, 0.4) is 0 Å². The number of aliphatic hydroxyl groups excluding tert-OH is 1. The number of aryl methyl sites for hydroxylation is 3. The number of amides is 1. The number of β-amino-alcohol motifs (C(OH)–C–C–N with tert-alkyl or cyclic N) is 1. The number of anilines is 1. The van der Waals surface area contributed by atoms with Gasteiger partial charge in [0, 0.05) is 29.7 Å². The average Bonchev–Trinajstić information content (AvgIpc) is 2.96. The molecular weight excluding hydrogens is 380 g/mol. The minimum atomic E-state index is -0.519. The zero-order valence-corrected chi connectivity index (χ0v) is 17.9. The van der Waals surface area contributed by atoms with Crippen LogP contribution in [0.2, 0.25) is 0 Å². The topological polar surface area (TPSA) is 105 Å². The number of piperidine rings is 1. The van der Waals surface area contributed by atoms with Gasteiger partial charge < -0.3 is 20.8 Å². The molecule has 158 valence electrons. The lowest BCUT2D eigenvalue weighted by Crippen LogP contribution is -2.42. The van der Waals surface area contributed by atoms with Gasteiger partial charge >= 0.3 is 0 Å². The number of phenolic OH excluding ortho intramolecular Hbond substituents is 1. The maximum atomic E-state index is 13.5. The number of phenols is 1. The maximum Gasteiger partial charge on any atom is 0.258 e. The number of benzene rings is 1. The number of nitrogen functional groups attached to an aromatic ring is 1. The molecule has 0 radical (unpaired) electrons. The van der Waals surface area contributed by atoms with E-state index in [1.165, 1.54) is 0 Å². The molecule has 1 saturated heterocycles. The Balaban J connectivity index is 2.02. The number of fused-ring (bicyclic) bond motifs is 1. The molecule has 3 heterocycles. The smallest absolute Gasteiger partial charge is 0.258 e. The number of nitrogens with zero attached hydrogens (tertiary/aromatic N) is 3. The van der Waals surface area contributed by atoms with E-state index in [0.717, 1.165) is 28.9 Å². The zero-order chi connectivity index (χ0) is 21.7. The van der Waals surface area contributed by atoms with Crippen molar-refractivity contribution in [2.75, 3.05) is 18.8 Å². The number of carbonyl (C=O) groups excluding carboxylic acids is 1. The standard InChI is InChI=1S/C23H28N4O3/c1-12-7-8-18(29)14(3)20(12)27-21(24)19(17-10-13(2)15(4)25-22(17)27)23(30)26-9-5-6-16(28)11-26/h7-8,10,16,28-29H,5-6,9,11,24H2,1-4H3/t16-/m1/s1. The van der Waals surface area contributed by atoms with Gasteiger partial charge in [-0.3, -0.25) is 9.36 Å². The van der Waals surface area contributed by atoms with Gasteiger partial charge in [-0.1, -0.05) is 6.07 Å². The number of likely N-dealkylation sites (tertiary alicyclic amines) is 1. The van der Waals surface area contributed by atoms with Gasteiger partial charge in [0.2, 0.25) is 0 Å². The molecule has 0 aliphatic carbocycles. The third-order valence-electron chi connectivity index (χ3n) is 6.15. The van der Waals surface area contributed by atoms with Crippen LogP contribution in [0.5, 0.6) is 5.75 Å². The monoisotopic (exact) mass is 408 g/mol. The minimum Gasteiger partial charge on any atom is -0.508 e. The minimum absolute atomic E-state index is 0.160. The highest BCUT2D eigenvalue weighted by Crippen LogP contribution is 2.37. The van der Waals surface area contributed by atoms with Gasteiger partial charge in [-0.15, -0.1) is 0 Å². The second kappa shape index (κ2) is 7.32. The molecule has 7 nitrogen and oxygen atoms in total. The van der Waals surface area contributed by atoms with Crippen molar-refractivity contribution in [3.63, 3.8) is 0 Å². The predicted molar refractivity (Wildman–Crippen MR) is 117 cm³/mol. The summed E-state index contributed by atoms with van der Waals surface area (Å²) in [6.45, 7) is 8.53. The molecule has 0 bridgehead atoms. The Morgan fingerprint density at radius 1 is 1.20 bits per heavy atom. The number of hydrogen-bond acceptors (Lipinski definition) is 5. The number of aromatic hydroxyl groups is 1. The summed E-state index contributed by atoms with van der Waals surface area (Å²) in [7, 11) is 0. The van der Waals surface area contributed by atoms with Crippen molar-refractivity contribution in [2.45, 2.75) is 46.6 Å². The number of pyridine rings is 1. The molecule has 4 rings (SSSR count). The quantitative estimate of drug-likeness (QED) is 0.604. The maximum absolute atomic E-state index is 13.5. The van der Waals surface area contributed by atoms with Gasteiger partial charge in [0.05, 0.1) is 17.4 Å². The Bertz CT molecular complexity index is 1170. The largest absolute Gasteiger partial charge is 0.508 e. The van der Waals surface area contributed by atoms with Crippen LogP contribution < -0.4 is 5.73 Å². The van der Waals surface area contributed by atoms with Crippen molar-refractivity contribution < 1.29 is 15.0 Å². The molecule has 1 aliphatic rings. The van der Waals surface area contributed by atoms with Crippen molar-refractivity contribution >= 4 is 22.8 Å². The van der Waals surface area contributed by atoms with Crippen molar-refractivity contribution in [2.24, 2.45) is 0 Å². The summed E-state index contributed by atoms with van der Waals surface area (Å²) in [6.07, 6.45) is 0.935. The fourth-order valence-corrected chi connectivity index (χ4v) is 4.33. The Kier molecular flexibility index (Phi) is 4.94. The predicted octanol–water partition coefficient (Wildman–Crippen LogP) is 3.14. The molecule has 1 aromatic carbocycles. The summed E-state index contributed by atoms with van der Waals surface area (Å²) in [5, 5.41) is 21.1. The van der Waals surface area contributed by atoms with Crippen LogP contribution in [0.4, 0.5) is 5.82 Å². The summed E-state index contributed by atoms with van der Waals surface area (Å²) in [5.74, 6) is 0.257. The summed E-state index contributed by atoms with van der Waals surface area (Å²) in [5.41, 5.74) is 11.7. The molecule has 3 aromatic rings. The van der Waals surface area contributed by atoms with E-state index in [1.807, 2.05) is 39.8 Å². The average molecular weight is 409 g/mol. The lowest BCUT2D eigenvalue weighted by molar-refractivity contribution is 0.0476. The van der Waals surface area contributed by atoms with Gasteiger partial charge in [-0.25, -0.2) is 4.98 Å². The van der Waals surface area contributed by atoms with Gasteiger partial charge in [-0.05, 0) is 63.8 Å². The first-order valence-corrected chi connectivity index (χ1v) is 10.3. The van der Waals surface area contributed by atoms with Gasteiger partial charge in [0.15, 0.2) is 0 Å². The van der Waals surface area contributed by atoms with Crippen LogP contribution in [-0.2, 0) is 0 Å². The number of aromatic nitrogens is 2. The first kappa shape index (κ1) is 20.2. The third-order valence-corrected chi connectivity index (χ3v) is 6.15. The molecule has 1 fully saturated rings. The number of carbonyl (C=O) groups is 1. The number of nitrogens with two attached hydrogens (primary N) is 1. The Labute approximate surface area is 175 Å². The lowest BCUT2D eigenvalue weighted by atomic mass is 10.1. The van der Waals surface area contributed by atoms with E-state index in [9.17, 15) is 15.0 Å². The Morgan fingerprint density at radius 2 is 1.93 bits per heavy atom. The van der Waals surface area contributed by atoms with Crippen LogP contribution in [0.15, 0.2) is 18.2 Å². The van der Waals surface area contributed by atoms with E-state index < -0.39 is 6.10 Å². The molecule has 1 amide bonds. The first-order chi connectivity index (χ1) is 14.2. The van der Waals surface area contributed by atoms with E-state index in [0.29, 0.717) is 47.5 Å². The van der Waals surface area contributed by atoms with Crippen molar-refractivity contribution in [3.8, 4) is 11.4 Å². The van der Waals surface area contributed by atoms with Crippen molar-refractivity contribution in [3.05, 3.63) is 46.1 Å². The molecule has 4 N–H and O–H groups in total. The molecule has 2 aromatic heterocycles. The van der Waals surface area contributed by atoms with Crippen LogP contribution in [0, 0.1) is 27.7 Å². The highest BCUT2D eigenvalue weighted by molar-refractivity contribution is 6.11. The molecule has 1 aliphatic heterocycles. The fraction of sp³-hybridized carbons (Fsp3) is 0.391. The van der Waals surface area contributed by atoms with Gasteiger partial charge in [0.25, 0.3) is 5.91 Å². The zero-order valence-electron chi connectivity index (χ0n) is 17.9. The van der Waals surface area contributed by atoms with Crippen LogP contribution >= 0.6 is 0 Å². The second-order valence-corrected chi connectivity index (χ2v) is 8.28. The number of rotatable bonds is 2. The van der Waals surface area contributed by atoms with E-state index in [1.54, 1.807) is 15.5 Å². The number of aliphatic hydroxyl groups is 1. The third kappa shape index (κ3) is 3.10. The van der Waals surface area contributed by atoms with Crippen molar-refractivity contribution in [1.82, 2.24) is 14.5 Å². The lowest BCUT2D eigenvalue weighted by Gasteiger charge is -2.30. The van der Waals surface area contributed by atoms with Gasteiger partial charge in [-0.2, -0.15) is 0 Å². The summed E-state index contributed by atoms with van der Waals surface area (Å²) < 4.78 is 1.78. The van der Waals surface area contributed by atoms with E-state index >= 15 is 0 Å². The molecule has 7 heteroatoms. The summed E-state index contributed by atoms with van der Waals surface area (Å²) >= 11 is 0. The normalized spacial score (nSPS) is 17.0. The molecule has 30 heavy (non-hydrogen) atoms. The van der Waals surface area contributed by atoms with E-state index in [-0.39, 0.29) is 11.7 Å². The van der Waals surface area contributed by atoms with Crippen molar-refractivity contribution in [1.29, 1.82) is 0 Å². The first-order valence-electron chi connectivity index (χ1n) is 10.3. The Hall–Kier alpha value is -3.06. The van der Waals surface area contributed by atoms with Gasteiger partial charge in [0.1, 0.15) is 17.2 Å². The molecule has 0 saturated carbocycles. The van der Waals surface area contributed by atoms with Crippen LogP contribution in [0.1, 0.15) is 45.6 Å². The summed E-state index contributed by atoms with van der Waals surface area (Å²) in [4.78, 5) is 19.9. The highest BCUT2D eigenvalue weighted by Gasteiger charge is 2.30. The van der Waals surface area contributed by atoms with E-state index in [2.05, 4.69) is 0 Å². The molecular formula is C23H28N4O3. The fourth-order valence-electron chi connectivity index (χ4n) is 4.33. The Morgan fingerprint density at radius 3 is 2.63 bits per heavy atom. The van der Waals surface area contributed by atoms with Crippen LogP contribution in [0.25, 0.3) is 16.7 Å². The summed E-state index contributed by atoms with van der Waals surface area (Å²) in [6, 6.07) is 5.43. The molecule has 1 atom stereocenters. The second-order valence-electron chi connectivity index (χ2n) is 8.28. The van der Waals surface area contributed by atoms with E-state index in [4.69, 9.17) is 10.7 Å². The number of hydrogen-bond donors (Lipinski definition) is 3.